The maximum absolute atomic E-state index is 11.3. The Balaban J connectivity index is 2.40. The molecule has 0 saturated carbocycles. The number of hydrogen-bond donors (Lipinski definition) is 0. The molecule has 0 N–H and O–H groups in total. The molecule has 0 amide bonds. The minimum Gasteiger partial charge on any atom is -0.381 e. The third-order valence-electron chi connectivity index (χ3n) is 2.30. The van der Waals surface area contributed by atoms with E-state index >= 15 is 0 Å². The molecule has 0 aromatic heterocycles. The topological polar surface area (TPSA) is 35.5 Å². The molecule has 76 valence electrons. The Morgan fingerprint density at radius 1 is 1.69 bits per heavy atom. The molecular formula is C10H18O3. The normalized spacial score (nSPS) is 24.6. The largest absolute Gasteiger partial charge is 0.381 e. The van der Waals surface area contributed by atoms with Crippen LogP contribution in [0.25, 0.3) is 0 Å². The average Bonchev–Trinajstić information content (AvgIpc) is 2.57. The van der Waals surface area contributed by atoms with E-state index in [0.29, 0.717) is 13.2 Å². The summed E-state index contributed by atoms with van der Waals surface area (Å²) >= 11 is 0. The standard InChI is InChI=1S/C10H18O3/c1-3-5-13-10(8(2)11)9-4-6-12-7-9/h9-10H,3-7H2,1-2H3. The SMILES string of the molecule is CCCOC(C(C)=O)C1CCOC1. The van der Waals surface area contributed by atoms with Gasteiger partial charge in [-0.25, -0.2) is 0 Å². The van der Waals surface area contributed by atoms with Crippen molar-refractivity contribution in [1.82, 2.24) is 0 Å². The molecule has 0 radical (unpaired) electrons. The zero-order chi connectivity index (χ0) is 9.68. The van der Waals surface area contributed by atoms with Gasteiger partial charge >= 0.3 is 0 Å². The molecule has 1 fully saturated rings. The van der Waals surface area contributed by atoms with Gasteiger partial charge in [-0.3, -0.25) is 4.79 Å². The maximum atomic E-state index is 11.3. The van der Waals surface area contributed by atoms with E-state index in [1.807, 2.05) is 6.92 Å². The summed E-state index contributed by atoms with van der Waals surface area (Å²) in [6, 6.07) is 0. The van der Waals surface area contributed by atoms with E-state index in [4.69, 9.17) is 9.47 Å². The van der Waals surface area contributed by atoms with Crippen LogP contribution < -0.4 is 0 Å². The van der Waals surface area contributed by atoms with Gasteiger partial charge in [0.15, 0.2) is 5.78 Å². The molecule has 0 aromatic carbocycles. The predicted octanol–water partition coefficient (Wildman–Crippen LogP) is 1.41. The second-order valence-electron chi connectivity index (χ2n) is 3.53. The summed E-state index contributed by atoms with van der Waals surface area (Å²) < 4.78 is 10.7. The summed E-state index contributed by atoms with van der Waals surface area (Å²) in [5.41, 5.74) is 0. The van der Waals surface area contributed by atoms with Crippen molar-refractivity contribution in [1.29, 1.82) is 0 Å². The number of rotatable bonds is 5. The van der Waals surface area contributed by atoms with Crippen molar-refractivity contribution in [2.45, 2.75) is 32.8 Å². The van der Waals surface area contributed by atoms with E-state index in [1.54, 1.807) is 6.92 Å². The molecule has 1 rings (SSSR count). The Morgan fingerprint density at radius 3 is 2.92 bits per heavy atom. The monoisotopic (exact) mass is 186 g/mol. The molecule has 1 aliphatic rings. The number of ether oxygens (including phenoxy) is 2. The first-order valence-corrected chi connectivity index (χ1v) is 4.95. The molecule has 0 spiro atoms. The minimum atomic E-state index is -0.234. The van der Waals surface area contributed by atoms with Crippen LogP contribution in [0.3, 0.4) is 0 Å². The van der Waals surface area contributed by atoms with Gasteiger partial charge in [-0.05, 0) is 19.8 Å². The van der Waals surface area contributed by atoms with Crippen molar-refractivity contribution >= 4 is 5.78 Å². The molecule has 1 aliphatic heterocycles. The van der Waals surface area contributed by atoms with Gasteiger partial charge in [0.1, 0.15) is 6.10 Å². The highest BCUT2D eigenvalue weighted by atomic mass is 16.5. The number of carbonyl (C=O) groups excluding carboxylic acids is 1. The molecule has 13 heavy (non-hydrogen) atoms. The van der Waals surface area contributed by atoms with Crippen molar-refractivity contribution in [2.75, 3.05) is 19.8 Å². The number of carbonyl (C=O) groups is 1. The lowest BCUT2D eigenvalue weighted by Crippen LogP contribution is -2.31. The van der Waals surface area contributed by atoms with Crippen LogP contribution in [0.1, 0.15) is 26.7 Å². The highest BCUT2D eigenvalue weighted by molar-refractivity contribution is 5.80. The number of ketones is 1. The van der Waals surface area contributed by atoms with Gasteiger partial charge in [0.2, 0.25) is 0 Å². The van der Waals surface area contributed by atoms with Crippen LogP contribution in [0.15, 0.2) is 0 Å². The van der Waals surface area contributed by atoms with Crippen LogP contribution in [-0.2, 0) is 14.3 Å². The van der Waals surface area contributed by atoms with Crippen LogP contribution in [-0.4, -0.2) is 31.7 Å². The molecule has 1 heterocycles. The smallest absolute Gasteiger partial charge is 0.158 e. The molecule has 2 unspecified atom stereocenters. The second-order valence-corrected chi connectivity index (χ2v) is 3.53. The highest BCUT2D eigenvalue weighted by Crippen LogP contribution is 2.20. The second kappa shape index (κ2) is 5.35. The van der Waals surface area contributed by atoms with Crippen molar-refractivity contribution in [3.8, 4) is 0 Å². The van der Waals surface area contributed by atoms with E-state index in [-0.39, 0.29) is 17.8 Å². The van der Waals surface area contributed by atoms with Crippen LogP contribution >= 0.6 is 0 Å². The summed E-state index contributed by atoms with van der Waals surface area (Å²) in [6.45, 7) is 5.75. The Hall–Kier alpha value is -0.410. The van der Waals surface area contributed by atoms with Crippen molar-refractivity contribution in [2.24, 2.45) is 5.92 Å². The zero-order valence-corrected chi connectivity index (χ0v) is 8.41. The van der Waals surface area contributed by atoms with E-state index in [1.165, 1.54) is 0 Å². The van der Waals surface area contributed by atoms with Crippen molar-refractivity contribution in [3.63, 3.8) is 0 Å². The van der Waals surface area contributed by atoms with Crippen molar-refractivity contribution < 1.29 is 14.3 Å². The first-order chi connectivity index (χ1) is 6.25. The Bertz CT molecular complexity index is 162. The lowest BCUT2D eigenvalue weighted by atomic mass is 9.99. The van der Waals surface area contributed by atoms with Gasteiger partial charge < -0.3 is 9.47 Å². The van der Waals surface area contributed by atoms with Gasteiger partial charge in [-0.2, -0.15) is 0 Å². The quantitative estimate of drug-likeness (QED) is 0.651. The average molecular weight is 186 g/mol. The molecule has 3 nitrogen and oxygen atoms in total. The summed E-state index contributed by atoms with van der Waals surface area (Å²) in [4.78, 5) is 11.3. The van der Waals surface area contributed by atoms with Gasteiger partial charge in [-0.1, -0.05) is 6.92 Å². The lowest BCUT2D eigenvalue weighted by molar-refractivity contribution is -0.132. The van der Waals surface area contributed by atoms with E-state index < -0.39 is 0 Å². The van der Waals surface area contributed by atoms with Gasteiger partial charge in [-0.15, -0.1) is 0 Å². The van der Waals surface area contributed by atoms with E-state index in [0.717, 1.165) is 19.4 Å². The predicted molar refractivity (Wildman–Crippen MR) is 49.6 cm³/mol. The van der Waals surface area contributed by atoms with Gasteiger partial charge in [0.25, 0.3) is 0 Å². The molecule has 3 heteroatoms. The van der Waals surface area contributed by atoms with Gasteiger partial charge in [0, 0.05) is 19.1 Å². The fourth-order valence-electron chi connectivity index (χ4n) is 1.62. The van der Waals surface area contributed by atoms with E-state index in [2.05, 4.69) is 0 Å². The molecule has 0 aliphatic carbocycles. The van der Waals surface area contributed by atoms with E-state index in [9.17, 15) is 4.79 Å². The minimum absolute atomic E-state index is 0.129. The van der Waals surface area contributed by atoms with Crippen LogP contribution in [0, 0.1) is 5.92 Å². The molecule has 0 aromatic rings. The van der Waals surface area contributed by atoms with Crippen LogP contribution in [0.5, 0.6) is 0 Å². The lowest BCUT2D eigenvalue weighted by Gasteiger charge is -2.19. The number of Topliss-reactive ketones (excluding diaryl/α,β-unsaturated/α-hetero) is 1. The van der Waals surface area contributed by atoms with Crippen molar-refractivity contribution in [3.05, 3.63) is 0 Å². The summed E-state index contributed by atoms with van der Waals surface area (Å²) in [6.07, 6.45) is 1.67. The van der Waals surface area contributed by atoms with Crippen LogP contribution in [0.4, 0.5) is 0 Å². The third kappa shape index (κ3) is 3.08. The molecule has 0 bridgehead atoms. The Morgan fingerprint density at radius 2 is 2.46 bits per heavy atom. The maximum Gasteiger partial charge on any atom is 0.158 e. The van der Waals surface area contributed by atoms with Gasteiger partial charge in [0.05, 0.1) is 6.61 Å². The zero-order valence-electron chi connectivity index (χ0n) is 8.41. The molecular weight excluding hydrogens is 168 g/mol. The Labute approximate surface area is 79.4 Å². The fraction of sp³-hybridized carbons (Fsp3) is 0.900. The first kappa shape index (κ1) is 10.7. The number of hydrogen-bond acceptors (Lipinski definition) is 3. The first-order valence-electron chi connectivity index (χ1n) is 4.95. The third-order valence-corrected chi connectivity index (χ3v) is 2.30. The van der Waals surface area contributed by atoms with Crippen LogP contribution in [0.2, 0.25) is 0 Å². The summed E-state index contributed by atoms with van der Waals surface area (Å²) in [5, 5.41) is 0. The molecule has 2 atom stereocenters. The summed E-state index contributed by atoms with van der Waals surface area (Å²) in [7, 11) is 0. The highest BCUT2D eigenvalue weighted by Gasteiger charge is 2.29. The fourth-order valence-corrected chi connectivity index (χ4v) is 1.62. The molecule has 1 saturated heterocycles. The summed E-state index contributed by atoms with van der Waals surface area (Å²) in [5.74, 6) is 0.410. The Kier molecular flexibility index (Phi) is 4.39.